The van der Waals surface area contributed by atoms with Crippen molar-refractivity contribution >= 4 is 0 Å². The summed E-state index contributed by atoms with van der Waals surface area (Å²) >= 11 is 0. The van der Waals surface area contributed by atoms with E-state index in [1.807, 2.05) is 0 Å². The first-order valence-corrected chi connectivity index (χ1v) is 3.85. The molecule has 1 saturated carbocycles. The average molecular weight is 144 g/mol. The molecule has 2 N–H and O–H groups in total. The van der Waals surface area contributed by atoms with Crippen molar-refractivity contribution in [2.45, 2.75) is 38.7 Å². The maximum Gasteiger partial charge on any atom is 0.0669 e. The Kier molecular flexibility index (Phi) is 1.77. The maximum atomic E-state index is 9.63. The minimum Gasteiger partial charge on any atom is -0.396 e. The fraction of sp³-hybridized carbons (Fsp3) is 1.00. The Morgan fingerprint density at radius 2 is 1.90 bits per heavy atom. The number of aliphatic hydroxyl groups is 2. The molecule has 1 aliphatic carbocycles. The zero-order valence-corrected chi connectivity index (χ0v) is 6.72. The van der Waals surface area contributed by atoms with Crippen LogP contribution in [0.3, 0.4) is 0 Å². The molecule has 0 heterocycles. The van der Waals surface area contributed by atoms with Gasteiger partial charge in [0.1, 0.15) is 0 Å². The van der Waals surface area contributed by atoms with Gasteiger partial charge in [-0.1, -0.05) is 6.42 Å². The van der Waals surface area contributed by atoms with Crippen molar-refractivity contribution in [3.63, 3.8) is 0 Å². The van der Waals surface area contributed by atoms with E-state index in [-0.39, 0.29) is 12.0 Å². The molecule has 10 heavy (non-hydrogen) atoms. The standard InChI is InChI=1S/C8H16O2/c1-7(2,10)8(6-9)4-3-5-8/h9-10H,3-6H2,1-2H3. The summed E-state index contributed by atoms with van der Waals surface area (Å²) in [4.78, 5) is 0. The van der Waals surface area contributed by atoms with E-state index in [2.05, 4.69) is 0 Å². The average Bonchev–Trinajstić information content (AvgIpc) is 1.58. The first-order valence-electron chi connectivity index (χ1n) is 3.85. The van der Waals surface area contributed by atoms with Gasteiger partial charge in [0.05, 0.1) is 12.2 Å². The minimum atomic E-state index is -0.708. The molecular formula is C8H16O2. The normalized spacial score (nSPS) is 24.0. The monoisotopic (exact) mass is 144 g/mol. The molecule has 2 nitrogen and oxygen atoms in total. The topological polar surface area (TPSA) is 40.5 Å². The number of hydrogen-bond donors (Lipinski definition) is 2. The van der Waals surface area contributed by atoms with Gasteiger partial charge in [0.15, 0.2) is 0 Å². The molecule has 0 atom stereocenters. The molecule has 0 aliphatic heterocycles. The number of aliphatic hydroxyl groups excluding tert-OH is 1. The molecule has 1 rings (SSSR count). The SMILES string of the molecule is CC(C)(O)C1(CO)CCC1. The van der Waals surface area contributed by atoms with Gasteiger partial charge in [-0.2, -0.15) is 0 Å². The zero-order valence-electron chi connectivity index (χ0n) is 6.72. The van der Waals surface area contributed by atoms with Crippen molar-refractivity contribution in [3.05, 3.63) is 0 Å². The highest BCUT2D eigenvalue weighted by molar-refractivity contribution is 4.98. The Hall–Kier alpha value is -0.0800. The Morgan fingerprint density at radius 1 is 1.40 bits per heavy atom. The van der Waals surface area contributed by atoms with E-state index in [4.69, 9.17) is 5.11 Å². The van der Waals surface area contributed by atoms with Gasteiger partial charge in [0.25, 0.3) is 0 Å². The van der Waals surface area contributed by atoms with Gasteiger partial charge in [-0.05, 0) is 26.7 Å². The molecule has 1 aliphatic rings. The zero-order chi connectivity index (χ0) is 7.83. The van der Waals surface area contributed by atoms with Crippen molar-refractivity contribution in [2.24, 2.45) is 5.41 Å². The summed E-state index contributed by atoms with van der Waals surface area (Å²) in [7, 11) is 0. The van der Waals surface area contributed by atoms with Crippen LogP contribution in [0.1, 0.15) is 33.1 Å². The summed E-state index contributed by atoms with van der Waals surface area (Å²) in [6.45, 7) is 3.68. The fourth-order valence-corrected chi connectivity index (χ4v) is 1.57. The summed E-state index contributed by atoms with van der Waals surface area (Å²) in [6.07, 6.45) is 3.07. The van der Waals surface area contributed by atoms with Crippen LogP contribution in [0, 0.1) is 5.41 Å². The van der Waals surface area contributed by atoms with E-state index in [0.717, 1.165) is 19.3 Å². The van der Waals surface area contributed by atoms with Crippen LogP contribution in [0.5, 0.6) is 0 Å². The molecule has 0 saturated heterocycles. The summed E-state index contributed by atoms with van der Waals surface area (Å²) < 4.78 is 0. The van der Waals surface area contributed by atoms with Crippen molar-refractivity contribution < 1.29 is 10.2 Å². The molecule has 0 aromatic heterocycles. The van der Waals surface area contributed by atoms with Gasteiger partial charge in [-0.25, -0.2) is 0 Å². The molecule has 2 heteroatoms. The lowest BCUT2D eigenvalue weighted by Crippen LogP contribution is -2.51. The molecule has 0 radical (unpaired) electrons. The lowest BCUT2D eigenvalue weighted by molar-refractivity contribution is -0.128. The highest BCUT2D eigenvalue weighted by Gasteiger charge is 2.47. The summed E-state index contributed by atoms with van der Waals surface area (Å²) in [5.41, 5.74) is -0.896. The van der Waals surface area contributed by atoms with Gasteiger partial charge in [-0.15, -0.1) is 0 Å². The molecule has 0 aromatic carbocycles. The van der Waals surface area contributed by atoms with E-state index < -0.39 is 5.60 Å². The minimum absolute atomic E-state index is 0.122. The van der Waals surface area contributed by atoms with Gasteiger partial charge in [0.2, 0.25) is 0 Å². The van der Waals surface area contributed by atoms with Crippen LogP contribution < -0.4 is 0 Å². The third-order valence-electron chi connectivity index (χ3n) is 2.91. The van der Waals surface area contributed by atoms with Crippen molar-refractivity contribution in [2.75, 3.05) is 6.61 Å². The van der Waals surface area contributed by atoms with Crippen molar-refractivity contribution in [3.8, 4) is 0 Å². The van der Waals surface area contributed by atoms with Crippen LogP contribution in [-0.2, 0) is 0 Å². The molecule has 1 fully saturated rings. The fourth-order valence-electron chi connectivity index (χ4n) is 1.57. The summed E-state index contributed by atoms with van der Waals surface area (Å²) in [5.74, 6) is 0. The predicted molar refractivity (Wildman–Crippen MR) is 39.7 cm³/mol. The molecule has 0 amide bonds. The van der Waals surface area contributed by atoms with Crippen LogP contribution in [0.25, 0.3) is 0 Å². The molecule has 60 valence electrons. The third-order valence-corrected chi connectivity index (χ3v) is 2.91. The van der Waals surface area contributed by atoms with Crippen LogP contribution in [0.4, 0.5) is 0 Å². The second-order valence-corrected chi connectivity index (χ2v) is 3.85. The summed E-state index contributed by atoms with van der Waals surface area (Å²) in [5, 5.41) is 18.6. The predicted octanol–water partition coefficient (Wildman–Crippen LogP) is 0.920. The largest absolute Gasteiger partial charge is 0.396 e. The van der Waals surface area contributed by atoms with E-state index >= 15 is 0 Å². The quantitative estimate of drug-likeness (QED) is 0.605. The van der Waals surface area contributed by atoms with Gasteiger partial charge in [0, 0.05) is 5.41 Å². The van der Waals surface area contributed by atoms with E-state index in [0.29, 0.717) is 0 Å². The molecular weight excluding hydrogens is 128 g/mol. The van der Waals surface area contributed by atoms with Crippen LogP contribution in [0.15, 0.2) is 0 Å². The number of rotatable bonds is 2. The second-order valence-electron chi connectivity index (χ2n) is 3.85. The molecule has 0 bridgehead atoms. The van der Waals surface area contributed by atoms with Crippen molar-refractivity contribution in [1.82, 2.24) is 0 Å². The highest BCUT2D eigenvalue weighted by Crippen LogP contribution is 2.48. The van der Waals surface area contributed by atoms with E-state index in [9.17, 15) is 5.11 Å². The number of hydrogen-bond acceptors (Lipinski definition) is 2. The van der Waals surface area contributed by atoms with E-state index in [1.165, 1.54) is 0 Å². The Morgan fingerprint density at radius 3 is 1.90 bits per heavy atom. The van der Waals surface area contributed by atoms with Crippen LogP contribution in [0.2, 0.25) is 0 Å². The Bertz CT molecular complexity index is 114. The smallest absolute Gasteiger partial charge is 0.0669 e. The van der Waals surface area contributed by atoms with E-state index in [1.54, 1.807) is 13.8 Å². The lowest BCUT2D eigenvalue weighted by atomic mass is 9.60. The Labute approximate surface area is 61.9 Å². The highest BCUT2D eigenvalue weighted by atomic mass is 16.3. The molecule has 0 spiro atoms. The van der Waals surface area contributed by atoms with Crippen molar-refractivity contribution in [1.29, 1.82) is 0 Å². The first kappa shape index (κ1) is 8.02. The second kappa shape index (κ2) is 2.21. The molecule has 0 aromatic rings. The van der Waals surface area contributed by atoms with Gasteiger partial charge >= 0.3 is 0 Å². The van der Waals surface area contributed by atoms with Crippen LogP contribution >= 0.6 is 0 Å². The van der Waals surface area contributed by atoms with Gasteiger partial charge in [-0.3, -0.25) is 0 Å². The Balaban J connectivity index is 2.65. The maximum absolute atomic E-state index is 9.63. The first-order chi connectivity index (χ1) is 4.52. The summed E-state index contributed by atoms with van der Waals surface area (Å²) in [6, 6.07) is 0. The van der Waals surface area contributed by atoms with Crippen LogP contribution in [-0.4, -0.2) is 22.4 Å². The lowest BCUT2D eigenvalue weighted by Gasteiger charge is -2.49. The third kappa shape index (κ3) is 0.956. The molecule has 0 unspecified atom stereocenters. The van der Waals surface area contributed by atoms with Gasteiger partial charge < -0.3 is 10.2 Å².